The quantitative estimate of drug-likeness (QED) is 0.728. The predicted octanol–water partition coefficient (Wildman–Crippen LogP) is 3.44. The summed E-state index contributed by atoms with van der Waals surface area (Å²) in [5, 5.41) is 6.68. The zero-order valence-electron chi connectivity index (χ0n) is 15.3. The van der Waals surface area contributed by atoms with E-state index in [0.717, 1.165) is 11.1 Å². The molecule has 1 aromatic heterocycles. The van der Waals surface area contributed by atoms with Gasteiger partial charge in [-0.2, -0.15) is 0 Å². The van der Waals surface area contributed by atoms with Crippen molar-refractivity contribution in [1.29, 1.82) is 0 Å². The van der Waals surface area contributed by atoms with Crippen molar-refractivity contribution in [2.45, 2.75) is 13.3 Å². The number of aromatic nitrogens is 1. The molecule has 0 aliphatic carbocycles. The van der Waals surface area contributed by atoms with Crippen molar-refractivity contribution in [1.82, 2.24) is 5.16 Å². The molecule has 1 N–H and O–H groups in total. The van der Waals surface area contributed by atoms with E-state index in [1.807, 2.05) is 31.2 Å². The summed E-state index contributed by atoms with van der Waals surface area (Å²) in [5.41, 5.74) is 3.72. The van der Waals surface area contributed by atoms with Gasteiger partial charge in [-0.15, -0.1) is 0 Å². The molecule has 0 radical (unpaired) electrons. The number of anilines is 2. The fourth-order valence-electron chi connectivity index (χ4n) is 3.08. The lowest BCUT2D eigenvalue weighted by molar-refractivity contribution is 0.0988. The summed E-state index contributed by atoms with van der Waals surface area (Å²) >= 11 is 0. The fourth-order valence-corrected chi connectivity index (χ4v) is 4.64. The van der Waals surface area contributed by atoms with Crippen LogP contribution in [0.1, 0.15) is 22.5 Å². The normalized spacial score (nSPS) is 15.5. The third-order valence-electron chi connectivity index (χ3n) is 4.59. The number of aryl methyl sites for hydroxylation is 1. The van der Waals surface area contributed by atoms with Gasteiger partial charge in [0.2, 0.25) is 15.8 Å². The van der Waals surface area contributed by atoms with Crippen molar-refractivity contribution in [3.05, 3.63) is 65.9 Å². The number of carbonyl (C=O) groups is 1. The molecule has 7 nitrogen and oxygen atoms in total. The van der Waals surface area contributed by atoms with E-state index in [-0.39, 0.29) is 11.5 Å². The van der Waals surface area contributed by atoms with E-state index < -0.39 is 15.9 Å². The maximum Gasteiger partial charge on any atom is 0.294 e. The summed E-state index contributed by atoms with van der Waals surface area (Å²) in [6, 6.07) is 16.0. The Kier molecular flexibility index (Phi) is 4.64. The van der Waals surface area contributed by atoms with Crippen LogP contribution < -0.4 is 9.62 Å². The van der Waals surface area contributed by atoms with Crippen LogP contribution in [0.15, 0.2) is 59.1 Å². The Bertz CT molecular complexity index is 1100. The monoisotopic (exact) mass is 397 g/mol. The van der Waals surface area contributed by atoms with Gasteiger partial charge in [-0.1, -0.05) is 35.0 Å². The molecule has 0 unspecified atom stereocenters. The van der Waals surface area contributed by atoms with Gasteiger partial charge in [-0.05, 0) is 37.6 Å². The molecule has 0 bridgehead atoms. The minimum atomic E-state index is -3.22. The summed E-state index contributed by atoms with van der Waals surface area (Å²) in [4.78, 5) is 12.4. The van der Waals surface area contributed by atoms with Gasteiger partial charge >= 0.3 is 0 Å². The Labute approximate surface area is 163 Å². The van der Waals surface area contributed by atoms with E-state index in [0.29, 0.717) is 30.0 Å². The van der Waals surface area contributed by atoms with E-state index in [2.05, 4.69) is 10.5 Å². The molecule has 3 aromatic rings. The van der Waals surface area contributed by atoms with Gasteiger partial charge in [-0.25, -0.2) is 8.42 Å². The Morgan fingerprint density at radius 1 is 1.11 bits per heavy atom. The molecule has 1 saturated heterocycles. The van der Waals surface area contributed by atoms with E-state index in [4.69, 9.17) is 4.52 Å². The number of nitrogens with one attached hydrogen (secondary N) is 1. The first-order valence-electron chi connectivity index (χ1n) is 8.88. The maximum atomic E-state index is 12.4. The van der Waals surface area contributed by atoms with Crippen LogP contribution >= 0.6 is 0 Å². The highest BCUT2D eigenvalue weighted by Crippen LogP contribution is 2.26. The molecule has 1 amide bonds. The molecule has 28 heavy (non-hydrogen) atoms. The van der Waals surface area contributed by atoms with Crippen molar-refractivity contribution in [2.75, 3.05) is 21.9 Å². The number of hydrogen-bond donors (Lipinski definition) is 1. The first kappa shape index (κ1) is 18.2. The number of rotatable bonds is 4. The number of sulfonamides is 1. The standard InChI is InChI=1S/C20H19N3O4S/c1-14-3-5-15(6-4-14)18-13-19(27-22-18)20(24)21-16-7-9-17(10-8-16)23-11-2-12-28(23,25)26/h3-10,13H,2,11-12H2,1H3,(H,21,24). The smallest absolute Gasteiger partial charge is 0.294 e. The van der Waals surface area contributed by atoms with Crippen LogP contribution in [0.5, 0.6) is 0 Å². The van der Waals surface area contributed by atoms with Crippen molar-refractivity contribution >= 4 is 27.3 Å². The van der Waals surface area contributed by atoms with Gasteiger partial charge in [0.15, 0.2) is 0 Å². The van der Waals surface area contributed by atoms with Gasteiger partial charge in [0, 0.05) is 23.9 Å². The minimum absolute atomic E-state index is 0.0989. The second-order valence-electron chi connectivity index (χ2n) is 6.69. The molecule has 0 saturated carbocycles. The third kappa shape index (κ3) is 3.63. The van der Waals surface area contributed by atoms with Crippen LogP contribution in [0.3, 0.4) is 0 Å². The average molecular weight is 397 g/mol. The average Bonchev–Trinajstić information content (AvgIpc) is 3.30. The molecule has 1 aliphatic rings. The number of nitrogens with zero attached hydrogens (tertiary/aromatic N) is 2. The highest BCUT2D eigenvalue weighted by molar-refractivity contribution is 7.93. The molecule has 2 heterocycles. The molecule has 1 aliphatic heterocycles. The third-order valence-corrected chi connectivity index (χ3v) is 6.46. The number of benzene rings is 2. The molecule has 1 fully saturated rings. The molecule has 4 rings (SSSR count). The molecule has 0 spiro atoms. The second kappa shape index (κ2) is 7.12. The van der Waals surface area contributed by atoms with Gasteiger partial charge in [0.1, 0.15) is 5.69 Å². The Balaban J connectivity index is 1.46. The van der Waals surface area contributed by atoms with Gasteiger partial charge in [0.25, 0.3) is 5.91 Å². The van der Waals surface area contributed by atoms with Gasteiger partial charge in [0.05, 0.1) is 11.4 Å². The SMILES string of the molecule is Cc1ccc(-c2cc(C(=O)Nc3ccc(N4CCCS4(=O)=O)cc3)on2)cc1. The van der Waals surface area contributed by atoms with Crippen molar-refractivity contribution in [3.8, 4) is 11.3 Å². The summed E-state index contributed by atoms with van der Waals surface area (Å²) in [5.74, 6) is -0.158. The first-order chi connectivity index (χ1) is 13.4. The number of carbonyl (C=O) groups excluding carboxylic acids is 1. The van der Waals surface area contributed by atoms with Gasteiger partial charge in [-0.3, -0.25) is 9.10 Å². The summed E-state index contributed by atoms with van der Waals surface area (Å²) in [6.07, 6.45) is 0.621. The van der Waals surface area contributed by atoms with Crippen LogP contribution in [0.2, 0.25) is 0 Å². The number of hydrogen-bond acceptors (Lipinski definition) is 5. The van der Waals surface area contributed by atoms with Crippen LogP contribution in [-0.2, 0) is 10.0 Å². The van der Waals surface area contributed by atoms with Crippen molar-refractivity contribution < 1.29 is 17.7 Å². The molecule has 8 heteroatoms. The van der Waals surface area contributed by atoms with Crippen molar-refractivity contribution in [2.24, 2.45) is 0 Å². The van der Waals surface area contributed by atoms with Crippen LogP contribution in [0.25, 0.3) is 11.3 Å². The minimum Gasteiger partial charge on any atom is -0.350 e. The Morgan fingerprint density at radius 3 is 2.46 bits per heavy atom. The zero-order chi connectivity index (χ0) is 19.7. The van der Waals surface area contributed by atoms with Crippen LogP contribution in [0, 0.1) is 6.92 Å². The highest BCUT2D eigenvalue weighted by atomic mass is 32.2. The van der Waals surface area contributed by atoms with E-state index in [1.54, 1.807) is 30.3 Å². The van der Waals surface area contributed by atoms with E-state index in [1.165, 1.54) is 4.31 Å². The van der Waals surface area contributed by atoms with Gasteiger partial charge < -0.3 is 9.84 Å². The molecular weight excluding hydrogens is 378 g/mol. The largest absolute Gasteiger partial charge is 0.350 e. The summed E-state index contributed by atoms with van der Waals surface area (Å²) < 4.78 is 30.5. The Morgan fingerprint density at radius 2 is 1.82 bits per heavy atom. The lowest BCUT2D eigenvalue weighted by Crippen LogP contribution is -2.24. The lowest BCUT2D eigenvalue weighted by Gasteiger charge is -2.17. The lowest BCUT2D eigenvalue weighted by atomic mass is 10.1. The molecule has 2 aromatic carbocycles. The number of amides is 1. The fraction of sp³-hybridized carbons (Fsp3) is 0.200. The van der Waals surface area contributed by atoms with Crippen LogP contribution in [-0.4, -0.2) is 31.8 Å². The van der Waals surface area contributed by atoms with E-state index in [9.17, 15) is 13.2 Å². The zero-order valence-corrected chi connectivity index (χ0v) is 16.1. The summed E-state index contributed by atoms with van der Waals surface area (Å²) in [7, 11) is -3.22. The maximum absolute atomic E-state index is 12.4. The molecule has 144 valence electrons. The van der Waals surface area contributed by atoms with Crippen molar-refractivity contribution in [3.63, 3.8) is 0 Å². The first-order valence-corrected chi connectivity index (χ1v) is 10.5. The van der Waals surface area contributed by atoms with Crippen LogP contribution in [0.4, 0.5) is 11.4 Å². The topological polar surface area (TPSA) is 92.5 Å². The molecule has 0 atom stereocenters. The second-order valence-corrected chi connectivity index (χ2v) is 8.70. The predicted molar refractivity (Wildman–Crippen MR) is 107 cm³/mol. The Hall–Kier alpha value is -3.13. The molecular formula is C20H19N3O4S. The highest BCUT2D eigenvalue weighted by Gasteiger charge is 2.28. The van der Waals surface area contributed by atoms with E-state index >= 15 is 0 Å². The summed E-state index contributed by atoms with van der Waals surface area (Å²) in [6.45, 7) is 2.48.